The van der Waals surface area contributed by atoms with Crippen molar-refractivity contribution >= 4 is 5.97 Å². The van der Waals surface area contributed by atoms with Crippen molar-refractivity contribution in [3.63, 3.8) is 0 Å². The van der Waals surface area contributed by atoms with Crippen LogP contribution in [0.2, 0.25) is 0 Å². The van der Waals surface area contributed by atoms with Crippen molar-refractivity contribution in [2.45, 2.75) is 12.3 Å². The number of methoxy groups -OCH3 is 3. The zero-order valence-electron chi connectivity index (χ0n) is 9.97. The minimum Gasteiger partial charge on any atom is -0.468 e. The van der Waals surface area contributed by atoms with Crippen LogP contribution < -0.4 is 0 Å². The summed E-state index contributed by atoms with van der Waals surface area (Å²) < 4.78 is 20.2. The first-order chi connectivity index (χ1) is 7.72. The molecule has 1 atom stereocenters. The van der Waals surface area contributed by atoms with Gasteiger partial charge in [0.25, 0.3) is 0 Å². The Morgan fingerprint density at radius 2 is 2.12 bits per heavy atom. The van der Waals surface area contributed by atoms with Crippen LogP contribution in [0.5, 0.6) is 0 Å². The predicted molar refractivity (Wildman–Crippen MR) is 56.0 cm³/mol. The van der Waals surface area contributed by atoms with E-state index >= 15 is 0 Å². The summed E-state index contributed by atoms with van der Waals surface area (Å²) in [7, 11) is 4.52. The summed E-state index contributed by atoms with van der Waals surface area (Å²) in [6.45, 7) is 2.15. The zero-order valence-corrected chi connectivity index (χ0v) is 9.97. The van der Waals surface area contributed by atoms with E-state index in [0.29, 0.717) is 26.3 Å². The normalized spacial score (nSPS) is 22.4. The molecular weight excluding hydrogens is 214 g/mol. The van der Waals surface area contributed by atoms with Crippen LogP contribution in [0.15, 0.2) is 0 Å². The van der Waals surface area contributed by atoms with E-state index in [9.17, 15) is 4.79 Å². The van der Waals surface area contributed by atoms with Gasteiger partial charge in [0.2, 0.25) is 0 Å². The second-order valence-corrected chi connectivity index (χ2v) is 3.51. The molecule has 1 unspecified atom stereocenters. The van der Waals surface area contributed by atoms with Crippen molar-refractivity contribution in [1.82, 2.24) is 4.90 Å². The molecule has 0 aromatic heterocycles. The van der Waals surface area contributed by atoms with Gasteiger partial charge in [-0.15, -0.1) is 0 Å². The molecule has 0 radical (unpaired) electrons. The molecule has 0 aliphatic carbocycles. The summed E-state index contributed by atoms with van der Waals surface area (Å²) in [5, 5.41) is 0. The first-order valence-electron chi connectivity index (χ1n) is 5.18. The molecule has 6 nitrogen and oxygen atoms in total. The number of nitrogens with zero attached hydrogens (tertiary/aromatic N) is 1. The van der Waals surface area contributed by atoms with Crippen LogP contribution in [0, 0.1) is 0 Å². The third kappa shape index (κ3) is 3.41. The van der Waals surface area contributed by atoms with E-state index in [-0.39, 0.29) is 18.3 Å². The Morgan fingerprint density at radius 1 is 1.44 bits per heavy atom. The van der Waals surface area contributed by atoms with Crippen LogP contribution in [0.1, 0.15) is 0 Å². The molecule has 16 heavy (non-hydrogen) atoms. The van der Waals surface area contributed by atoms with Crippen molar-refractivity contribution in [3.05, 3.63) is 0 Å². The highest BCUT2D eigenvalue weighted by Gasteiger charge is 2.31. The van der Waals surface area contributed by atoms with Crippen molar-refractivity contribution in [1.29, 1.82) is 0 Å². The van der Waals surface area contributed by atoms with Gasteiger partial charge in [0, 0.05) is 20.8 Å². The Bertz CT molecular complexity index is 219. The fourth-order valence-corrected chi connectivity index (χ4v) is 1.65. The summed E-state index contributed by atoms with van der Waals surface area (Å²) >= 11 is 0. The summed E-state index contributed by atoms with van der Waals surface area (Å²) in [5.74, 6) is -0.286. The molecule has 0 N–H and O–H groups in total. The maximum absolute atomic E-state index is 11.5. The molecule has 0 bridgehead atoms. The molecule has 0 aromatic rings. The molecule has 94 valence electrons. The van der Waals surface area contributed by atoms with Crippen molar-refractivity contribution in [2.24, 2.45) is 0 Å². The smallest absolute Gasteiger partial charge is 0.325 e. The van der Waals surface area contributed by atoms with Gasteiger partial charge in [-0.25, -0.2) is 0 Å². The average Bonchev–Trinajstić information content (AvgIpc) is 2.35. The summed E-state index contributed by atoms with van der Waals surface area (Å²) in [6.07, 6.45) is -0.342. The third-order valence-corrected chi connectivity index (χ3v) is 2.62. The maximum atomic E-state index is 11.5. The number of hydrogen-bond donors (Lipinski definition) is 0. The van der Waals surface area contributed by atoms with E-state index < -0.39 is 0 Å². The Balaban J connectivity index is 2.55. The molecule has 1 saturated heterocycles. The van der Waals surface area contributed by atoms with Gasteiger partial charge in [0.15, 0.2) is 6.29 Å². The SMILES string of the molecule is COC(=O)C1COCCN1CC(OC)OC. The molecule has 0 saturated carbocycles. The van der Waals surface area contributed by atoms with Gasteiger partial charge in [-0.2, -0.15) is 0 Å². The number of hydrogen-bond acceptors (Lipinski definition) is 6. The number of esters is 1. The van der Waals surface area contributed by atoms with Crippen molar-refractivity contribution in [3.8, 4) is 0 Å². The standard InChI is InChI=1S/C10H19NO5/c1-13-9(14-2)6-11-4-5-16-7-8(11)10(12)15-3/h8-9H,4-7H2,1-3H3. The van der Waals surface area contributed by atoms with E-state index in [1.807, 2.05) is 4.90 Å². The zero-order chi connectivity index (χ0) is 12.0. The van der Waals surface area contributed by atoms with E-state index in [2.05, 4.69) is 0 Å². The summed E-state index contributed by atoms with van der Waals surface area (Å²) in [4.78, 5) is 13.5. The fourth-order valence-electron chi connectivity index (χ4n) is 1.65. The predicted octanol–water partition coefficient (Wildman–Crippen LogP) is -0.521. The maximum Gasteiger partial charge on any atom is 0.325 e. The highest BCUT2D eigenvalue weighted by atomic mass is 16.7. The topological polar surface area (TPSA) is 57.2 Å². The number of morpholine rings is 1. The monoisotopic (exact) mass is 233 g/mol. The lowest BCUT2D eigenvalue weighted by Gasteiger charge is -2.34. The Labute approximate surface area is 95.4 Å². The van der Waals surface area contributed by atoms with Crippen LogP contribution in [-0.4, -0.2) is 70.8 Å². The van der Waals surface area contributed by atoms with E-state index in [1.165, 1.54) is 7.11 Å². The largest absolute Gasteiger partial charge is 0.468 e. The fraction of sp³-hybridized carbons (Fsp3) is 0.900. The average molecular weight is 233 g/mol. The minimum absolute atomic E-state index is 0.286. The molecule has 0 spiro atoms. The molecule has 0 aromatic carbocycles. The van der Waals surface area contributed by atoms with E-state index in [0.717, 1.165) is 0 Å². The molecule has 1 heterocycles. The van der Waals surface area contributed by atoms with E-state index in [4.69, 9.17) is 18.9 Å². The Kier molecular flexibility index (Phi) is 5.68. The number of ether oxygens (including phenoxy) is 4. The first-order valence-corrected chi connectivity index (χ1v) is 5.18. The molecule has 0 amide bonds. The van der Waals surface area contributed by atoms with Crippen LogP contribution >= 0.6 is 0 Å². The highest BCUT2D eigenvalue weighted by molar-refractivity contribution is 5.75. The highest BCUT2D eigenvalue weighted by Crippen LogP contribution is 2.10. The van der Waals surface area contributed by atoms with Gasteiger partial charge in [-0.05, 0) is 0 Å². The van der Waals surface area contributed by atoms with Gasteiger partial charge < -0.3 is 18.9 Å². The summed E-state index contributed by atoms with van der Waals surface area (Å²) in [5.41, 5.74) is 0. The van der Waals surface area contributed by atoms with Gasteiger partial charge in [-0.1, -0.05) is 0 Å². The number of carbonyl (C=O) groups is 1. The lowest BCUT2D eigenvalue weighted by atomic mass is 10.2. The molecule has 1 rings (SSSR count). The van der Waals surface area contributed by atoms with Crippen molar-refractivity contribution < 1.29 is 23.7 Å². The second-order valence-electron chi connectivity index (χ2n) is 3.51. The number of carbonyl (C=O) groups excluding carboxylic acids is 1. The lowest BCUT2D eigenvalue weighted by Crippen LogP contribution is -2.53. The number of rotatable bonds is 5. The molecule has 1 fully saturated rings. The van der Waals surface area contributed by atoms with Gasteiger partial charge in [0.05, 0.1) is 26.9 Å². The van der Waals surface area contributed by atoms with Gasteiger partial charge in [0.1, 0.15) is 6.04 Å². The molecule has 1 aliphatic rings. The Hall–Kier alpha value is -0.690. The van der Waals surface area contributed by atoms with Crippen molar-refractivity contribution in [2.75, 3.05) is 47.6 Å². The van der Waals surface area contributed by atoms with Gasteiger partial charge in [-0.3, -0.25) is 9.69 Å². The quantitative estimate of drug-likeness (QED) is 0.470. The third-order valence-electron chi connectivity index (χ3n) is 2.62. The lowest BCUT2D eigenvalue weighted by molar-refractivity contribution is -0.162. The van der Waals surface area contributed by atoms with Crippen LogP contribution in [-0.2, 0) is 23.7 Å². The second kappa shape index (κ2) is 6.80. The Morgan fingerprint density at radius 3 is 2.69 bits per heavy atom. The summed E-state index contributed by atoms with van der Waals surface area (Å²) in [6, 6.07) is -0.369. The van der Waals surface area contributed by atoms with Crippen LogP contribution in [0.3, 0.4) is 0 Å². The molecule has 1 aliphatic heterocycles. The molecule has 6 heteroatoms. The van der Waals surface area contributed by atoms with Crippen LogP contribution in [0.4, 0.5) is 0 Å². The van der Waals surface area contributed by atoms with Gasteiger partial charge >= 0.3 is 5.97 Å². The minimum atomic E-state index is -0.369. The first kappa shape index (κ1) is 13.4. The van der Waals surface area contributed by atoms with E-state index in [1.54, 1.807) is 14.2 Å². The molecular formula is C10H19NO5. The van der Waals surface area contributed by atoms with Crippen LogP contribution in [0.25, 0.3) is 0 Å².